The van der Waals surface area contributed by atoms with Crippen LogP contribution in [-0.2, 0) is 4.74 Å². The summed E-state index contributed by atoms with van der Waals surface area (Å²) in [6.07, 6.45) is 0.803. The second kappa shape index (κ2) is 5.11. The Balaban J connectivity index is 2.09. The summed E-state index contributed by atoms with van der Waals surface area (Å²) in [4.78, 5) is 24.3. The number of morpholine rings is 1. The lowest BCUT2D eigenvalue weighted by Crippen LogP contribution is -2.46. The highest BCUT2D eigenvalue weighted by atomic mass is 16.5. The van der Waals surface area contributed by atoms with Crippen LogP contribution in [0.2, 0.25) is 0 Å². The molecule has 6 nitrogen and oxygen atoms in total. The first kappa shape index (κ1) is 11.8. The van der Waals surface area contributed by atoms with Crippen molar-refractivity contribution in [2.24, 2.45) is 0 Å². The maximum absolute atomic E-state index is 12.0. The Hall–Kier alpha value is -1.66. The average molecular weight is 239 g/mol. The Morgan fingerprint density at radius 3 is 3.00 bits per heavy atom. The molecular weight excluding hydrogens is 226 g/mol. The van der Waals surface area contributed by atoms with Gasteiger partial charge < -0.3 is 19.2 Å². The van der Waals surface area contributed by atoms with E-state index in [1.807, 2.05) is 0 Å². The third-order valence-electron chi connectivity index (χ3n) is 2.58. The van der Waals surface area contributed by atoms with Crippen molar-refractivity contribution in [3.05, 3.63) is 34.4 Å². The summed E-state index contributed by atoms with van der Waals surface area (Å²) in [6, 6.07) is 2.63. The van der Waals surface area contributed by atoms with E-state index < -0.39 is 5.63 Å². The van der Waals surface area contributed by atoms with Crippen LogP contribution in [0, 0.1) is 0 Å². The van der Waals surface area contributed by atoms with Gasteiger partial charge in [-0.3, -0.25) is 4.79 Å². The fraction of sp³-hybridized carbons (Fsp3) is 0.455. The molecule has 1 N–H and O–H groups in total. The lowest BCUT2D eigenvalue weighted by atomic mass is 10.2. The van der Waals surface area contributed by atoms with Gasteiger partial charge in [-0.15, -0.1) is 0 Å². The minimum Gasteiger partial charge on any atom is -0.430 e. The van der Waals surface area contributed by atoms with Gasteiger partial charge in [0.2, 0.25) is 0 Å². The second-order valence-electron chi connectivity index (χ2n) is 3.77. The summed E-state index contributed by atoms with van der Waals surface area (Å²) >= 11 is 0. The molecule has 6 heteroatoms. The number of nitrogens with zero attached hydrogens (tertiary/aromatic N) is 1. The van der Waals surface area contributed by atoms with Gasteiger partial charge in [-0.2, -0.15) is 0 Å². The molecule has 0 radical (unpaired) electrons. The van der Waals surface area contributed by atoms with Gasteiger partial charge in [0, 0.05) is 19.2 Å². The van der Waals surface area contributed by atoms with E-state index in [4.69, 9.17) is 9.84 Å². The predicted octanol–water partition coefficient (Wildman–Crippen LogP) is -0.527. The number of aliphatic hydroxyl groups excluding tert-OH is 1. The number of hydrogen-bond acceptors (Lipinski definition) is 5. The molecule has 1 amide bonds. The highest BCUT2D eigenvalue weighted by Crippen LogP contribution is 2.09. The van der Waals surface area contributed by atoms with Gasteiger partial charge in [0.25, 0.3) is 5.91 Å². The van der Waals surface area contributed by atoms with Crippen molar-refractivity contribution >= 4 is 5.91 Å². The number of hydrogen-bond donors (Lipinski definition) is 1. The number of amides is 1. The minimum atomic E-state index is -0.489. The largest absolute Gasteiger partial charge is 0.430 e. The first-order valence-corrected chi connectivity index (χ1v) is 5.31. The van der Waals surface area contributed by atoms with Crippen LogP contribution in [0.3, 0.4) is 0 Å². The van der Waals surface area contributed by atoms with Gasteiger partial charge in [-0.25, -0.2) is 4.79 Å². The third kappa shape index (κ3) is 2.72. The molecule has 0 spiro atoms. The van der Waals surface area contributed by atoms with Gasteiger partial charge in [-0.05, 0) is 6.07 Å². The quantitative estimate of drug-likeness (QED) is 0.750. The van der Waals surface area contributed by atoms with E-state index in [-0.39, 0.29) is 18.6 Å². The van der Waals surface area contributed by atoms with Gasteiger partial charge in [0.1, 0.15) is 6.26 Å². The molecule has 0 bridgehead atoms. The first-order chi connectivity index (χ1) is 8.20. The van der Waals surface area contributed by atoms with Crippen molar-refractivity contribution in [1.82, 2.24) is 4.90 Å². The topological polar surface area (TPSA) is 80.0 Å². The molecule has 2 rings (SSSR count). The lowest BCUT2D eigenvalue weighted by Gasteiger charge is -2.31. The van der Waals surface area contributed by atoms with Crippen LogP contribution in [0.5, 0.6) is 0 Å². The van der Waals surface area contributed by atoms with Gasteiger partial charge >= 0.3 is 5.63 Å². The molecule has 1 unspecified atom stereocenters. The molecule has 2 heterocycles. The van der Waals surface area contributed by atoms with Gasteiger partial charge in [0.05, 0.1) is 24.9 Å². The molecule has 1 fully saturated rings. The maximum Gasteiger partial charge on any atom is 0.335 e. The summed E-state index contributed by atoms with van der Waals surface area (Å²) in [5.41, 5.74) is -0.167. The Labute approximate surface area is 97.4 Å². The van der Waals surface area contributed by atoms with Crippen molar-refractivity contribution in [3.63, 3.8) is 0 Å². The minimum absolute atomic E-state index is 0.117. The predicted molar refractivity (Wildman–Crippen MR) is 57.7 cm³/mol. The highest BCUT2D eigenvalue weighted by molar-refractivity contribution is 5.93. The molecule has 1 aliphatic heterocycles. The van der Waals surface area contributed by atoms with E-state index in [0.717, 1.165) is 6.26 Å². The summed E-state index contributed by atoms with van der Waals surface area (Å²) in [6.45, 7) is 1.09. The Morgan fingerprint density at radius 2 is 2.35 bits per heavy atom. The van der Waals surface area contributed by atoms with Crippen molar-refractivity contribution in [2.45, 2.75) is 6.10 Å². The van der Waals surface area contributed by atoms with Crippen LogP contribution in [0.15, 0.2) is 27.6 Å². The summed E-state index contributed by atoms with van der Waals surface area (Å²) in [7, 11) is 0. The van der Waals surface area contributed by atoms with Crippen LogP contribution >= 0.6 is 0 Å². The Bertz CT molecular complexity index is 435. The monoisotopic (exact) mass is 239 g/mol. The fourth-order valence-corrected chi connectivity index (χ4v) is 1.68. The number of aliphatic hydroxyl groups is 1. The zero-order valence-electron chi connectivity index (χ0n) is 9.17. The number of ether oxygens (including phenoxy) is 1. The molecule has 1 saturated heterocycles. The normalized spacial score (nSPS) is 20.3. The fourth-order valence-electron chi connectivity index (χ4n) is 1.68. The maximum atomic E-state index is 12.0. The molecule has 1 aromatic heterocycles. The average Bonchev–Trinajstić information content (AvgIpc) is 2.39. The number of carbonyl (C=O) groups excluding carboxylic acids is 1. The molecule has 1 atom stereocenters. The molecule has 92 valence electrons. The highest BCUT2D eigenvalue weighted by Gasteiger charge is 2.24. The van der Waals surface area contributed by atoms with Crippen LogP contribution in [0.25, 0.3) is 0 Å². The molecule has 1 aliphatic rings. The van der Waals surface area contributed by atoms with Crippen LogP contribution < -0.4 is 5.63 Å². The summed E-state index contributed by atoms with van der Waals surface area (Å²) < 4.78 is 9.88. The third-order valence-corrected chi connectivity index (χ3v) is 2.58. The Kier molecular flexibility index (Phi) is 3.55. The van der Waals surface area contributed by atoms with E-state index >= 15 is 0 Å². The van der Waals surface area contributed by atoms with E-state index in [2.05, 4.69) is 4.42 Å². The summed E-state index contributed by atoms with van der Waals surface area (Å²) in [5, 5.41) is 8.97. The SMILES string of the molecule is O=C(c1ccc(=O)oc1)N1CCOC(CO)C1. The molecular formula is C11H13NO5. The first-order valence-electron chi connectivity index (χ1n) is 5.31. The van der Waals surface area contributed by atoms with Crippen molar-refractivity contribution in [1.29, 1.82) is 0 Å². The van der Waals surface area contributed by atoms with E-state index in [0.29, 0.717) is 25.3 Å². The Morgan fingerprint density at radius 1 is 1.53 bits per heavy atom. The van der Waals surface area contributed by atoms with Gasteiger partial charge in [-0.1, -0.05) is 0 Å². The second-order valence-corrected chi connectivity index (χ2v) is 3.77. The van der Waals surface area contributed by atoms with Crippen molar-refractivity contribution in [3.8, 4) is 0 Å². The zero-order chi connectivity index (χ0) is 12.3. The van der Waals surface area contributed by atoms with Crippen molar-refractivity contribution in [2.75, 3.05) is 26.3 Å². The lowest BCUT2D eigenvalue weighted by molar-refractivity contribution is -0.0447. The van der Waals surface area contributed by atoms with Crippen molar-refractivity contribution < 1.29 is 19.1 Å². The molecule has 0 saturated carbocycles. The standard InChI is InChI=1S/C11H13NO5/c13-6-9-5-12(3-4-16-9)11(15)8-1-2-10(14)17-7-8/h1-2,7,9,13H,3-6H2. The van der Waals surface area contributed by atoms with Crippen LogP contribution in [-0.4, -0.2) is 48.3 Å². The van der Waals surface area contributed by atoms with Crippen LogP contribution in [0.1, 0.15) is 10.4 Å². The number of carbonyl (C=O) groups is 1. The number of rotatable bonds is 2. The zero-order valence-corrected chi connectivity index (χ0v) is 9.17. The van der Waals surface area contributed by atoms with Crippen LogP contribution in [0.4, 0.5) is 0 Å². The van der Waals surface area contributed by atoms with E-state index in [9.17, 15) is 9.59 Å². The molecule has 1 aromatic rings. The van der Waals surface area contributed by atoms with Gasteiger partial charge in [0.15, 0.2) is 0 Å². The molecule has 0 aliphatic carbocycles. The van der Waals surface area contributed by atoms with E-state index in [1.54, 1.807) is 4.90 Å². The smallest absolute Gasteiger partial charge is 0.335 e. The van der Waals surface area contributed by atoms with E-state index in [1.165, 1.54) is 12.1 Å². The molecule has 17 heavy (non-hydrogen) atoms. The molecule has 0 aromatic carbocycles. The summed E-state index contributed by atoms with van der Waals surface area (Å²) in [5.74, 6) is -0.226.